The molecule has 18 heavy (non-hydrogen) atoms. The number of benzene rings is 1. The van der Waals surface area contributed by atoms with Crippen LogP contribution in [0.2, 0.25) is 0 Å². The summed E-state index contributed by atoms with van der Waals surface area (Å²) in [5, 5.41) is 0. The predicted octanol–water partition coefficient (Wildman–Crippen LogP) is 3.61. The average Bonchev–Trinajstić information content (AvgIpc) is 2.32. The van der Waals surface area contributed by atoms with E-state index in [1.54, 1.807) is 17.0 Å². The number of rotatable bonds is 5. The third kappa shape index (κ3) is 3.70. The summed E-state index contributed by atoms with van der Waals surface area (Å²) in [6, 6.07) is 4.61. The number of halogens is 2. The van der Waals surface area contributed by atoms with Gasteiger partial charge in [0.25, 0.3) is 5.91 Å². The van der Waals surface area contributed by atoms with Gasteiger partial charge in [-0.2, -0.15) is 0 Å². The Balaban J connectivity index is 2.98. The van der Waals surface area contributed by atoms with Crippen molar-refractivity contribution in [1.82, 2.24) is 4.90 Å². The predicted molar refractivity (Wildman–Crippen MR) is 72.6 cm³/mol. The van der Waals surface area contributed by atoms with Crippen LogP contribution in [0, 0.1) is 12.7 Å². The van der Waals surface area contributed by atoms with Crippen molar-refractivity contribution in [3.05, 3.63) is 35.1 Å². The van der Waals surface area contributed by atoms with E-state index in [-0.39, 0.29) is 17.5 Å². The van der Waals surface area contributed by atoms with E-state index in [0.29, 0.717) is 18.8 Å². The molecule has 0 bridgehead atoms. The number of aryl methyl sites for hydroxylation is 1. The van der Waals surface area contributed by atoms with E-state index >= 15 is 0 Å². The van der Waals surface area contributed by atoms with Crippen molar-refractivity contribution < 1.29 is 9.18 Å². The minimum Gasteiger partial charge on any atom is -0.336 e. The standard InChI is InChI=1S/C14H19ClFNO/c1-10(2)17(8-4-7-15)14(18)12-9-11(3)5-6-13(12)16/h5-6,9-10H,4,7-8H2,1-3H3. The molecule has 1 aromatic rings. The highest BCUT2D eigenvalue weighted by atomic mass is 35.5. The van der Waals surface area contributed by atoms with E-state index in [2.05, 4.69) is 0 Å². The van der Waals surface area contributed by atoms with Crippen LogP contribution in [0.4, 0.5) is 4.39 Å². The SMILES string of the molecule is Cc1ccc(F)c(C(=O)N(CCCCl)C(C)C)c1. The Morgan fingerprint density at radius 1 is 1.44 bits per heavy atom. The zero-order valence-electron chi connectivity index (χ0n) is 11.0. The van der Waals surface area contributed by atoms with Gasteiger partial charge in [-0.25, -0.2) is 4.39 Å². The molecule has 1 rings (SSSR count). The maximum atomic E-state index is 13.7. The molecule has 0 atom stereocenters. The van der Waals surface area contributed by atoms with E-state index in [1.807, 2.05) is 20.8 Å². The number of alkyl halides is 1. The molecule has 1 aromatic carbocycles. The second-order valence-electron chi connectivity index (χ2n) is 4.62. The lowest BCUT2D eigenvalue weighted by atomic mass is 10.1. The molecular formula is C14H19ClFNO. The van der Waals surface area contributed by atoms with Gasteiger partial charge in [0.2, 0.25) is 0 Å². The first-order valence-electron chi connectivity index (χ1n) is 6.10. The Kier molecular flexibility index (Phi) is 5.60. The molecule has 0 spiro atoms. The summed E-state index contributed by atoms with van der Waals surface area (Å²) in [6.45, 7) is 6.22. The fourth-order valence-corrected chi connectivity index (χ4v) is 1.90. The molecule has 2 nitrogen and oxygen atoms in total. The molecule has 0 aliphatic heterocycles. The van der Waals surface area contributed by atoms with E-state index in [9.17, 15) is 9.18 Å². The van der Waals surface area contributed by atoms with E-state index in [1.165, 1.54) is 6.07 Å². The summed E-state index contributed by atoms with van der Waals surface area (Å²) < 4.78 is 13.7. The van der Waals surface area contributed by atoms with Crippen molar-refractivity contribution in [2.24, 2.45) is 0 Å². The van der Waals surface area contributed by atoms with Crippen LogP contribution in [0.25, 0.3) is 0 Å². The number of carbonyl (C=O) groups excluding carboxylic acids is 1. The van der Waals surface area contributed by atoms with Gasteiger partial charge in [0.1, 0.15) is 5.82 Å². The monoisotopic (exact) mass is 271 g/mol. The van der Waals surface area contributed by atoms with Gasteiger partial charge in [-0.15, -0.1) is 11.6 Å². The molecule has 4 heteroatoms. The minimum atomic E-state index is -0.470. The Hall–Kier alpha value is -1.09. The lowest BCUT2D eigenvalue weighted by Crippen LogP contribution is -2.38. The second-order valence-corrected chi connectivity index (χ2v) is 5.00. The molecular weight excluding hydrogens is 253 g/mol. The van der Waals surface area contributed by atoms with Crippen LogP contribution in [-0.4, -0.2) is 29.3 Å². The van der Waals surface area contributed by atoms with Crippen LogP contribution in [0.1, 0.15) is 36.2 Å². The van der Waals surface area contributed by atoms with Crippen LogP contribution < -0.4 is 0 Å². The molecule has 0 heterocycles. The summed E-state index contributed by atoms with van der Waals surface area (Å²) in [7, 11) is 0. The smallest absolute Gasteiger partial charge is 0.257 e. The summed E-state index contributed by atoms with van der Waals surface area (Å²) in [6.07, 6.45) is 0.707. The van der Waals surface area contributed by atoms with Crippen LogP contribution in [0.5, 0.6) is 0 Å². The topological polar surface area (TPSA) is 20.3 Å². The lowest BCUT2D eigenvalue weighted by molar-refractivity contribution is 0.0701. The molecule has 0 saturated heterocycles. The second kappa shape index (κ2) is 6.74. The molecule has 0 aliphatic carbocycles. The third-order valence-electron chi connectivity index (χ3n) is 2.77. The highest BCUT2D eigenvalue weighted by Crippen LogP contribution is 2.15. The van der Waals surface area contributed by atoms with Crippen LogP contribution >= 0.6 is 11.6 Å². The van der Waals surface area contributed by atoms with Gasteiger partial charge in [0, 0.05) is 18.5 Å². The zero-order valence-corrected chi connectivity index (χ0v) is 11.8. The van der Waals surface area contributed by atoms with Crippen molar-refractivity contribution in [2.45, 2.75) is 33.2 Å². The summed E-state index contributed by atoms with van der Waals surface area (Å²) in [4.78, 5) is 14.0. The van der Waals surface area contributed by atoms with Gasteiger partial charge in [-0.1, -0.05) is 11.6 Å². The maximum absolute atomic E-state index is 13.7. The number of hydrogen-bond acceptors (Lipinski definition) is 1. The van der Waals surface area contributed by atoms with Gasteiger partial charge in [0.05, 0.1) is 5.56 Å². The molecule has 0 radical (unpaired) electrons. The van der Waals surface area contributed by atoms with Crippen molar-refractivity contribution in [1.29, 1.82) is 0 Å². The van der Waals surface area contributed by atoms with E-state index in [4.69, 9.17) is 11.6 Å². The summed E-state index contributed by atoms with van der Waals surface area (Å²) in [5.74, 6) is -0.245. The number of amides is 1. The van der Waals surface area contributed by atoms with Gasteiger partial charge in [-0.05, 0) is 39.3 Å². The molecule has 1 amide bonds. The molecule has 100 valence electrons. The molecule has 0 saturated carbocycles. The van der Waals surface area contributed by atoms with Crippen molar-refractivity contribution in [3.63, 3.8) is 0 Å². The van der Waals surface area contributed by atoms with Crippen LogP contribution in [0.15, 0.2) is 18.2 Å². The van der Waals surface area contributed by atoms with E-state index in [0.717, 1.165) is 5.56 Å². The number of nitrogens with zero attached hydrogens (tertiary/aromatic N) is 1. The Labute approximate surface area is 113 Å². The van der Waals surface area contributed by atoms with Gasteiger partial charge in [0.15, 0.2) is 0 Å². The Morgan fingerprint density at radius 2 is 2.11 bits per heavy atom. The molecule has 0 unspecified atom stereocenters. The number of carbonyl (C=O) groups is 1. The van der Waals surface area contributed by atoms with Gasteiger partial charge in [-0.3, -0.25) is 4.79 Å². The fraction of sp³-hybridized carbons (Fsp3) is 0.500. The van der Waals surface area contributed by atoms with Crippen molar-refractivity contribution in [2.75, 3.05) is 12.4 Å². The molecule has 0 aliphatic rings. The zero-order chi connectivity index (χ0) is 13.7. The quantitative estimate of drug-likeness (QED) is 0.749. The first-order chi connectivity index (χ1) is 8.47. The van der Waals surface area contributed by atoms with Crippen LogP contribution in [0.3, 0.4) is 0 Å². The maximum Gasteiger partial charge on any atom is 0.257 e. The van der Waals surface area contributed by atoms with Crippen LogP contribution in [-0.2, 0) is 0 Å². The molecule has 0 aromatic heterocycles. The first kappa shape index (κ1) is 15.0. The van der Waals surface area contributed by atoms with Gasteiger partial charge < -0.3 is 4.90 Å². The number of hydrogen-bond donors (Lipinski definition) is 0. The summed E-state index contributed by atoms with van der Waals surface area (Å²) in [5.41, 5.74) is 1.01. The highest BCUT2D eigenvalue weighted by molar-refractivity contribution is 6.17. The molecule has 0 fully saturated rings. The highest BCUT2D eigenvalue weighted by Gasteiger charge is 2.21. The third-order valence-corrected chi connectivity index (χ3v) is 3.04. The normalized spacial score (nSPS) is 10.8. The Morgan fingerprint density at radius 3 is 2.67 bits per heavy atom. The Bertz CT molecular complexity index is 420. The van der Waals surface area contributed by atoms with Crippen molar-refractivity contribution in [3.8, 4) is 0 Å². The fourth-order valence-electron chi connectivity index (χ4n) is 1.78. The minimum absolute atomic E-state index is 0.0284. The largest absolute Gasteiger partial charge is 0.336 e. The summed E-state index contributed by atoms with van der Waals surface area (Å²) >= 11 is 5.65. The van der Waals surface area contributed by atoms with Gasteiger partial charge >= 0.3 is 0 Å². The molecule has 0 N–H and O–H groups in total. The average molecular weight is 272 g/mol. The van der Waals surface area contributed by atoms with E-state index < -0.39 is 5.82 Å². The first-order valence-corrected chi connectivity index (χ1v) is 6.64. The van der Waals surface area contributed by atoms with Crippen molar-refractivity contribution >= 4 is 17.5 Å². The lowest BCUT2D eigenvalue weighted by Gasteiger charge is -2.26.